The first-order chi connectivity index (χ1) is 14.4. The molecule has 0 atom stereocenters. The topological polar surface area (TPSA) is 113 Å². The second kappa shape index (κ2) is 8.40. The average molecular weight is 449 g/mol. The highest BCUT2D eigenvalue weighted by molar-refractivity contribution is 6.08. The van der Waals surface area contributed by atoms with E-state index in [9.17, 15) is 14.4 Å². The number of aromatic nitrogens is 3. The number of rotatable bonds is 1. The predicted molar refractivity (Wildman–Crippen MR) is 119 cm³/mol. The smallest absolute Gasteiger partial charge is 0.427 e. The van der Waals surface area contributed by atoms with E-state index in [1.54, 1.807) is 75.3 Å². The van der Waals surface area contributed by atoms with Gasteiger partial charge in [0, 0.05) is 11.6 Å². The summed E-state index contributed by atoms with van der Waals surface area (Å²) in [6, 6.07) is 1.66. The van der Waals surface area contributed by atoms with Crippen LogP contribution in [0.1, 0.15) is 68.0 Å². The number of nitrogens with zero attached hydrogens (tertiary/aromatic N) is 4. The lowest BCUT2D eigenvalue weighted by atomic mass is 10.2. The van der Waals surface area contributed by atoms with Gasteiger partial charge in [0.25, 0.3) is 0 Å². The van der Waals surface area contributed by atoms with E-state index in [2.05, 4.69) is 9.97 Å². The first-order valence-corrected chi connectivity index (χ1v) is 10.2. The van der Waals surface area contributed by atoms with Gasteiger partial charge in [0.2, 0.25) is 5.95 Å². The van der Waals surface area contributed by atoms with Gasteiger partial charge in [-0.25, -0.2) is 23.9 Å². The fraction of sp³-hybridized carbons (Fsp3) is 0.591. The van der Waals surface area contributed by atoms with Gasteiger partial charge in [0.05, 0.1) is 5.69 Å². The number of fused-ring (bicyclic) bond motifs is 1. The number of aryl methyl sites for hydroxylation is 1. The molecule has 2 rings (SSSR count). The Kier molecular flexibility index (Phi) is 6.59. The highest BCUT2D eigenvalue weighted by Gasteiger charge is 2.35. The Hall–Kier alpha value is -3.17. The summed E-state index contributed by atoms with van der Waals surface area (Å²) in [6.45, 7) is 16.9. The summed E-state index contributed by atoms with van der Waals surface area (Å²) in [7, 11) is 0. The average Bonchev–Trinajstić information content (AvgIpc) is 2.94. The molecule has 0 unspecified atom stereocenters. The van der Waals surface area contributed by atoms with Crippen molar-refractivity contribution in [3.05, 3.63) is 18.0 Å². The normalized spacial score (nSPS) is 12.4. The van der Waals surface area contributed by atoms with E-state index in [1.165, 1.54) is 10.8 Å². The Bertz CT molecular complexity index is 1010. The molecule has 10 heteroatoms. The van der Waals surface area contributed by atoms with Gasteiger partial charge in [-0.05, 0) is 75.3 Å². The van der Waals surface area contributed by atoms with Crippen molar-refractivity contribution in [1.29, 1.82) is 0 Å². The number of carbonyl (C=O) groups is 3. The maximum atomic E-state index is 12.9. The lowest BCUT2D eigenvalue weighted by Gasteiger charge is -2.27. The molecule has 0 fully saturated rings. The monoisotopic (exact) mass is 448 g/mol. The quantitative estimate of drug-likeness (QED) is 0.547. The second-order valence-corrected chi connectivity index (χ2v) is 10.3. The second-order valence-electron chi connectivity index (χ2n) is 10.3. The number of anilines is 1. The molecule has 2 aromatic rings. The number of carbonyl (C=O) groups excluding carboxylic acids is 3. The Balaban J connectivity index is 2.62. The third kappa shape index (κ3) is 6.41. The summed E-state index contributed by atoms with van der Waals surface area (Å²) in [4.78, 5) is 47.7. The number of amides is 2. The Morgan fingerprint density at radius 2 is 1.28 bits per heavy atom. The molecule has 2 amide bonds. The summed E-state index contributed by atoms with van der Waals surface area (Å²) in [6.07, 6.45) is -1.16. The molecule has 0 saturated carbocycles. The molecular weight excluding hydrogens is 416 g/mol. The molecular formula is C22H32N4O6. The van der Waals surface area contributed by atoms with Crippen molar-refractivity contribution in [2.75, 3.05) is 4.90 Å². The summed E-state index contributed by atoms with van der Waals surface area (Å²) in [5.74, 6) is -0.276. The van der Waals surface area contributed by atoms with Gasteiger partial charge in [-0.1, -0.05) is 0 Å². The molecule has 10 nitrogen and oxygen atoms in total. The van der Waals surface area contributed by atoms with Crippen LogP contribution in [0.3, 0.4) is 0 Å². The minimum Gasteiger partial charge on any atom is -0.443 e. The van der Waals surface area contributed by atoms with Crippen molar-refractivity contribution in [3.63, 3.8) is 0 Å². The summed E-state index contributed by atoms with van der Waals surface area (Å²) in [5.41, 5.74) is -1.86. The molecule has 176 valence electrons. The molecule has 0 saturated heterocycles. The van der Waals surface area contributed by atoms with Crippen LogP contribution in [-0.4, -0.2) is 49.6 Å². The van der Waals surface area contributed by atoms with Gasteiger partial charge in [-0.15, -0.1) is 4.90 Å². The van der Waals surface area contributed by atoms with Crippen LogP contribution in [0.15, 0.2) is 12.3 Å². The first kappa shape index (κ1) is 25.1. The third-order valence-corrected chi connectivity index (χ3v) is 3.67. The van der Waals surface area contributed by atoms with Gasteiger partial charge in [0.15, 0.2) is 5.65 Å². The highest BCUT2D eigenvalue weighted by atomic mass is 16.6. The van der Waals surface area contributed by atoms with E-state index in [0.717, 1.165) is 0 Å². The Morgan fingerprint density at radius 1 is 0.812 bits per heavy atom. The SMILES string of the molecule is Cc1nc(N(C(=O)OC(C)(C)C)C(=O)OC(C)(C)C)nc2c1ccn2C(=O)OC(C)(C)C. The minimum atomic E-state index is -0.999. The zero-order valence-electron chi connectivity index (χ0n) is 20.4. The minimum absolute atomic E-state index is 0.180. The van der Waals surface area contributed by atoms with E-state index in [0.29, 0.717) is 16.0 Å². The summed E-state index contributed by atoms with van der Waals surface area (Å²) >= 11 is 0. The molecule has 0 aliphatic heterocycles. The largest absolute Gasteiger partial charge is 0.443 e. The standard InChI is InChI=1S/C22H32N4O6/c1-13-14-11-12-25(17(27)30-20(2,3)4)15(14)24-16(23-13)26(18(28)31-21(5,6)7)19(29)32-22(8,9)10/h11-12H,1-10H3. The predicted octanol–water partition coefficient (Wildman–Crippen LogP) is 5.20. The maximum Gasteiger partial charge on any atom is 0.427 e. The van der Waals surface area contributed by atoms with Crippen LogP contribution in [0.25, 0.3) is 11.0 Å². The molecule has 0 aromatic carbocycles. The van der Waals surface area contributed by atoms with Gasteiger partial charge >= 0.3 is 18.3 Å². The molecule has 2 aromatic heterocycles. The molecule has 0 spiro atoms. The lowest BCUT2D eigenvalue weighted by Crippen LogP contribution is -2.44. The lowest BCUT2D eigenvalue weighted by molar-refractivity contribution is 0.0426. The van der Waals surface area contributed by atoms with E-state index >= 15 is 0 Å². The zero-order valence-corrected chi connectivity index (χ0v) is 20.4. The van der Waals surface area contributed by atoms with Crippen LogP contribution in [0.5, 0.6) is 0 Å². The molecule has 0 aliphatic rings. The zero-order chi connectivity index (χ0) is 24.6. The van der Waals surface area contributed by atoms with E-state index in [-0.39, 0.29) is 11.6 Å². The summed E-state index contributed by atoms with van der Waals surface area (Å²) in [5, 5.41) is 0.563. The maximum absolute atomic E-state index is 12.9. The van der Waals surface area contributed by atoms with E-state index in [4.69, 9.17) is 14.2 Å². The number of imide groups is 1. The Labute approximate surface area is 187 Å². The van der Waals surface area contributed by atoms with Crippen LogP contribution in [0, 0.1) is 6.92 Å². The van der Waals surface area contributed by atoms with Crippen molar-refractivity contribution in [3.8, 4) is 0 Å². The fourth-order valence-corrected chi connectivity index (χ4v) is 2.56. The first-order valence-electron chi connectivity index (χ1n) is 10.2. The van der Waals surface area contributed by atoms with E-state index in [1.807, 2.05) is 0 Å². The molecule has 0 aliphatic carbocycles. The van der Waals surface area contributed by atoms with Crippen LogP contribution in [0.4, 0.5) is 20.3 Å². The van der Waals surface area contributed by atoms with Gasteiger partial charge < -0.3 is 14.2 Å². The molecule has 0 radical (unpaired) electrons. The van der Waals surface area contributed by atoms with Gasteiger partial charge in [-0.2, -0.15) is 4.98 Å². The van der Waals surface area contributed by atoms with Crippen molar-refractivity contribution in [2.24, 2.45) is 0 Å². The van der Waals surface area contributed by atoms with Crippen molar-refractivity contribution >= 4 is 35.3 Å². The van der Waals surface area contributed by atoms with Crippen LogP contribution < -0.4 is 4.90 Å². The molecule has 32 heavy (non-hydrogen) atoms. The van der Waals surface area contributed by atoms with Crippen LogP contribution >= 0.6 is 0 Å². The van der Waals surface area contributed by atoms with Crippen molar-refractivity contribution in [2.45, 2.75) is 86.0 Å². The molecule has 2 heterocycles. The van der Waals surface area contributed by atoms with Gasteiger partial charge in [0.1, 0.15) is 16.8 Å². The van der Waals surface area contributed by atoms with Crippen molar-refractivity contribution < 1.29 is 28.6 Å². The Morgan fingerprint density at radius 3 is 1.72 bits per heavy atom. The van der Waals surface area contributed by atoms with Crippen LogP contribution in [0.2, 0.25) is 0 Å². The van der Waals surface area contributed by atoms with Gasteiger partial charge in [-0.3, -0.25) is 0 Å². The fourth-order valence-electron chi connectivity index (χ4n) is 2.56. The third-order valence-electron chi connectivity index (χ3n) is 3.67. The van der Waals surface area contributed by atoms with Crippen LogP contribution in [-0.2, 0) is 14.2 Å². The van der Waals surface area contributed by atoms with E-state index < -0.39 is 35.1 Å². The molecule has 0 bridgehead atoms. The molecule has 0 N–H and O–H groups in total. The van der Waals surface area contributed by atoms with Crippen molar-refractivity contribution in [1.82, 2.24) is 14.5 Å². The number of hydrogen-bond donors (Lipinski definition) is 0. The number of hydrogen-bond acceptors (Lipinski definition) is 8. The number of ether oxygens (including phenoxy) is 3. The highest BCUT2D eigenvalue weighted by Crippen LogP contribution is 2.24. The summed E-state index contributed by atoms with van der Waals surface area (Å²) < 4.78 is 17.4.